The number of carbonyl (C=O) groups excluding carboxylic acids is 2. The molecule has 178 valence electrons. The number of carbonyl (C=O) groups is 2. The van der Waals surface area contributed by atoms with Crippen molar-refractivity contribution in [1.29, 1.82) is 10.5 Å². The first-order chi connectivity index (χ1) is 16.7. The lowest BCUT2D eigenvalue weighted by Crippen LogP contribution is -2.70. The fraction of sp³-hybridized carbons (Fsp3) is 0.360. The van der Waals surface area contributed by atoms with Gasteiger partial charge in [0.1, 0.15) is 11.3 Å². The molecule has 9 nitrogen and oxygen atoms in total. The maximum atomic E-state index is 13.5. The van der Waals surface area contributed by atoms with Crippen molar-refractivity contribution in [3.63, 3.8) is 0 Å². The summed E-state index contributed by atoms with van der Waals surface area (Å²) in [5.74, 6) is -1.86. The molecule has 35 heavy (non-hydrogen) atoms. The molecule has 1 aromatic carbocycles. The molecule has 1 N–H and O–H groups in total. The third kappa shape index (κ3) is 4.19. The van der Waals surface area contributed by atoms with E-state index in [1.165, 1.54) is 6.08 Å². The van der Waals surface area contributed by atoms with E-state index in [1.54, 1.807) is 32.1 Å². The zero-order chi connectivity index (χ0) is 25.4. The summed E-state index contributed by atoms with van der Waals surface area (Å²) < 4.78 is 24.3. The lowest BCUT2D eigenvalue weighted by Gasteiger charge is -2.66. The number of alkyl halides is 1. The Bertz CT molecular complexity index is 1310. The van der Waals surface area contributed by atoms with E-state index >= 15 is 0 Å². The largest absolute Gasteiger partial charge is 0.464 e. The molecule has 3 aliphatic rings. The van der Waals surface area contributed by atoms with Gasteiger partial charge in [-0.15, -0.1) is 0 Å². The summed E-state index contributed by atoms with van der Waals surface area (Å²) in [4.78, 5) is 33.5. The number of esters is 1. The number of allylic oxidation sites excluding steroid dienone is 1. The molecule has 0 spiro atoms. The number of rotatable bonds is 8. The number of Topliss-reactive ketones (excluding diaryl/α,β-unsaturated/α-hetero) is 1. The molecule has 3 fully saturated rings. The summed E-state index contributed by atoms with van der Waals surface area (Å²) in [5.41, 5.74) is 0.582. The number of aromatic nitrogens is 2. The van der Waals surface area contributed by atoms with Crippen LogP contribution < -0.4 is 10.1 Å². The molecule has 0 atom stereocenters. The van der Waals surface area contributed by atoms with Crippen LogP contribution in [-0.4, -0.2) is 41.0 Å². The van der Waals surface area contributed by atoms with Crippen LogP contribution in [0.3, 0.4) is 0 Å². The van der Waals surface area contributed by atoms with E-state index in [1.807, 2.05) is 6.07 Å². The van der Waals surface area contributed by atoms with Gasteiger partial charge in [-0.3, -0.25) is 4.79 Å². The number of nitriles is 2. The Hall–Kier alpha value is -4.31. The van der Waals surface area contributed by atoms with Crippen molar-refractivity contribution in [3.8, 4) is 23.8 Å². The molecule has 2 aromatic rings. The molecule has 1 aromatic heterocycles. The van der Waals surface area contributed by atoms with Crippen LogP contribution in [0.15, 0.2) is 18.2 Å². The third-order valence-corrected chi connectivity index (χ3v) is 6.33. The summed E-state index contributed by atoms with van der Waals surface area (Å²) in [6, 6.07) is 7.79. The van der Waals surface area contributed by atoms with Crippen molar-refractivity contribution < 1.29 is 23.5 Å². The number of benzene rings is 1. The molecule has 0 amide bonds. The van der Waals surface area contributed by atoms with Gasteiger partial charge in [0.25, 0.3) is 0 Å². The summed E-state index contributed by atoms with van der Waals surface area (Å²) in [7, 11) is 1.13. The molecule has 3 saturated carbocycles. The average Bonchev–Trinajstić information content (AvgIpc) is 2.79. The Morgan fingerprint density at radius 3 is 2.40 bits per heavy atom. The summed E-state index contributed by atoms with van der Waals surface area (Å²) in [6.45, 7) is 2.15. The Morgan fingerprint density at radius 1 is 1.20 bits per heavy atom. The average molecular weight is 475 g/mol. The zero-order valence-corrected chi connectivity index (χ0v) is 19.4. The minimum absolute atomic E-state index is 0.0194. The van der Waals surface area contributed by atoms with Crippen molar-refractivity contribution in [1.82, 2.24) is 9.97 Å². The highest BCUT2D eigenvalue weighted by atomic mass is 19.1. The lowest BCUT2D eigenvalue weighted by molar-refractivity contribution is -0.0665. The first-order valence-electron chi connectivity index (χ1n) is 10.8. The highest BCUT2D eigenvalue weighted by Gasteiger charge is 2.69. The summed E-state index contributed by atoms with van der Waals surface area (Å²) >= 11 is 0. The van der Waals surface area contributed by atoms with E-state index in [0.717, 1.165) is 12.7 Å². The Labute approximate surface area is 201 Å². The molecule has 3 aliphatic carbocycles. The third-order valence-electron chi connectivity index (χ3n) is 6.33. The van der Waals surface area contributed by atoms with E-state index in [4.69, 9.17) is 14.7 Å². The quantitative estimate of drug-likeness (QED) is 0.338. The molecule has 10 heteroatoms. The van der Waals surface area contributed by atoms with Crippen molar-refractivity contribution in [3.05, 3.63) is 46.2 Å². The predicted molar refractivity (Wildman–Crippen MR) is 123 cm³/mol. The van der Waals surface area contributed by atoms with Gasteiger partial charge >= 0.3 is 5.97 Å². The molecule has 0 saturated heterocycles. The molecule has 2 bridgehead atoms. The Morgan fingerprint density at radius 2 is 1.86 bits per heavy atom. The van der Waals surface area contributed by atoms with Crippen LogP contribution in [0, 0.1) is 41.9 Å². The van der Waals surface area contributed by atoms with Crippen LogP contribution in [0.1, 0.15) is 56.8 Å². The second-order valence-electron chi connectivity index (χ2n) is 9.00. The highest BCUT2D eigenvalue weighted by Crippen LogP contribution is 2.67. The maximum absolute atomic E-state index is 13.5. The van der Waals surface area contributed by atoms with Gasteiger partial charge in [-0.05, 0) is 68.0 Å². The number of aryl methyl sites for hydroxylation is 2. The van der Waals surface area contributed by atoms with Crippen LogP contribution in [0.2, 0.25) is 0 Å². The van der Waals surface area contributed by atoms with Crippen molar-refractivity contribution in [2.75, 3.05) is 19.1 Å². The standard InChI is InChI=1S/C25H22FN5O4/c1-14-7-16(5-4-6-27)8-15(2)20(14)35-21-18(17(32)9-26)19(22(33)34-3)29-23(30-21)31-25-10-24(11-25,12-25)13-28/h4-5,7-8H,9-12H2,1-3H3,(H,29,30,31)/b5-4+. The summed E-state index contributed by atoms with van der Waals surface area (Å²) in [6.07, 6.45) is 4.83. The van der Waals surface area contributed by atoms with Gasteiger partial charge < -0.3 is 14.8 Å². The second kappa shape index (κ2) is 8.80. The van der Waals surface area contributed by atoms with Crippen LogP contribution >= 0.6 is 0 Å². The highest BCUT2D eigenvalue weighted by molar-refractivity contribution is 6.07. The van der Waals surface area contributed by atoms with E-state index in [9.17, 15) is 19.2 Å². The minimum Gasteiger partial charge on any atom is -0.464 e. The lowest BCUT2D eigenvalue weighted by atomic mass is 9.40. The molecule has 0 unspecified atom stereocenters. The number of ether oxygens (including phenoxy) is 2. The fourth-order valence-electron chi connectivity index (χ4n) is 4.88. The van der Waals surface area contributed by atoms with E-state index in [0.29, 0.717) is 36.1 Å². The smallest absolute Gasteiger partial charge is 0.357 e. The number of nitrogens with zero attached hydrogens (tertiary/aromatic N) is 4. The number of hydrogen-bond acceptors (Lipinski definition) is 9. The maximum Gasteiger partial charge on any atom is 0.357 e. The van der Waals surface area contributed by atoms with Crippen LogP contribution in [0.5, 0.6) is 11.6 Å². The van der Waals surface area contributed by atoms with Gasteiger partial charge in [0.15, 0.2) is 12.4 Å². The number of halogens is 1. The number of ketones is 1. The summed E-state index contributed by atoms with van der Waals surface area (Å²) in [5, 5.41) is 21.2. The SMILES string of the molecule is COC(=O)c1nc(NC23CC(C#N)(C2)C3)nc(Oc2c(C)cc(/C=C/C#N)cc2C)c1C(=O)CF. The van der Waals surface area contributed by atoms with E-state index in [-0.39, 0.29) is 22.8 Å². The first kappa shape index (κ1) is 23.8. The van der Waals surface area contributed by atoms with Crippen molar-refractivity contribution in [2.24, 2.45) is 5.41 Å². The fourth-order valence-corrected chi connectivity index (χ4v) is 4.88. The molecule has 0 aliphatic heterocycles. The van der Waals surface area contributed by atoms with Gasteiger partial charge in [-0.1, -0.05) is 0 Å². The number of hydrogen-bond donors (Lipinski definition) is 1. The Balaban J connectivity index is 1.78. The monoisotopic (exact) mass is 475 g/mol. The van der Waals surface area contributed by atoms with E-state index < -0.39 is 29.7 Å². The van der Waals surface area contributed by atoms with E-state index in [2.05, 4.69) is 21.4 Å². The normalized spacial score (nSPS) is 21.8. The van der Waals surface area contributed by atoms with Crippen LogP contribution in [0.4, 0.5) is 10.3 Å². The number of methoxy groups -OCH3 is 1. The van der Waals surface area contributed by atoms with Gasteiger partial charge in [-0.2, -0.15) is 15.5 Å². The number of nitrogens with one attached hydrogen (secondary N) is 1. The zero-order valence-electron chi connectivity index (χ0n) is 19.4. The predicted octanol–water partition coefficient (Wildman–Crippen LogP) is 4.22. The second-order valence-corrected chi connectivity index (χ2v) is 9.00. The minimum atomic E-state index is -1.39. The van der Waals surface area contributed by atoms with Gasteiger partial charge in [-0.25, -0.2) is 14.2 Å². The molecule has 5 rings (SSSR count). The molecule has 0 radical (unpaired) electrons. The van der Waals surface area contributed by atoms with Gasteiger partial charge in [0, 0.05) is 11.6 Å². The first-order valence-corrected chi connectivity index (χ1v) is 10.8. The molecule has 1 heterocycles. The Kier molecular flexibility index (Phi) is 5.99. The van der Waals surface area contributed by atoms with Crippen molar-refractivity contribution >= 4 is 23.8 Å². The number of anilines is 1. The molecular formula is C25H22FN5O4. The van der Waals surface area contributed by atoms with Crippen molar-refractivity contribution in [2.45, 2.75) is 38.6 Å². The van der Waals surface area contributed by atoms with Crippen LogP contribution in [-0.2, 0) is 4.74 Å². The van der Waals surface area contributed by atoms with Gasteiger partial charge in [0.05, 0.1) is 24.7 Å². The molecular weight excluding hydrogens is 453 g/mol. The topological polar surface area (TPSA) is 138 Å². The van der Waals surface area contributed by atoms with Crippen LogP contribution in [0.25, 0.3) is 6.08 Å². The van der Waals surface area contributed by atoms with Gasteiger partial charge in [0.2, 0.25) is 17.6 Å².